The minimum atomic E-state index is -0.298. The summed E-state index contributed by atoms with van der Waals surface area (Å²) < 4.78 is 20.3. The summed E-state index contributed by atoms with van der Waals surface area (Å²) >= 11 is 8.18. The lowest BCUT2D eigenvalue weighted by Crippen LogP contribution is -2.18. The van der Waals surface area contributed by atoms with E-state index in [1.807, 2.05) is 85.7 Å². The Hall–Kier alpha value is -4.15. The van der Waals surface area contributed by atoms with E-state index in [9.17, 15) is 9.18 Å². The summed E-state index contributed by atoms with van der Waals surface area (Å²) in [6.07, 6.45) is 4.84. The highest BCUT2D eigenvalue weighted by molar-refractivity contribution is 7.23. The van der Waals surface area contributed by atoms with Crippen LogP contribution < -0.4 is 10.6 Å². The van der Waals surface area contributed by atoms with Gasteiger partial charge in [-0.15, -0.1) is 11.3 Å². The van der Waals surface area contributed by atoms with Crippen LogP contribution >= 0.6 is 22.9 Å². The predicted octanol–water partition coefficient (Wildman–Crippen LogP) is 7.58. The van der Waals surface area contributed by atoms with Gasteiger partial charge in [0.05, 0.1) is 24.6 Å². The van der Waals surface area contributed by atoms with Gasteiger partial charge in [0.1, 0.15) is 27.1 Å². The van der Waals surface area contributed by atoms with Crippen LogP contribution in [0.1, 0.15) is 17.2 Å². The van der Waals surface area contributed by atoms with Gasteiger partial charge < -0.3 is 20.3 Å². The van der Waals surface area contributed by atoms with Crippen molar-refractivity contribution in [2.45, 2.75) is 12.6 Å². The summed E-state index contributed by atoms with van der Waals surface area (Å²) in [4.78, 5) is 24.3. The Morgan fingerprint density at radius 3 is 2.67 bits per heavy atom. The Balaban J connectivity index is 1.43. The maximum atomic E-state index is 13.7. The van der Waals surface area contributed by atoms with Crippen LogP contribution in [-0.2, 0) is 16.1 Å². The summed E-state index contributed by atoms with van der Waals surface area (Å²) in [5.74, 6) is 0.0934. The van der Waals surface area contributed by atoms with E-state index in [-0.39, 0.29) is 24.4 Å². The largest absolute Gasteiger partial charge is 0.374 e. The molecule has 0 saturated heterocycles. The Labute approximate surface area is 259 Å². The van der Waals surface area contributed by atoms with Crippen LogP contribution in [0.3, 0.4) is 0 Å². The highest BCUT2D eigenvalue weighted by Gasteiger charge is 2.21. The number of hydrogen-bond acceptors (Lipinski definition) is 7. The Morgan fingerprint density at radius 1 is 1.07 bits per heavy atom. The standard InChI is InChI=1S/C33H31ClFN5O2S/c1-40(2)16-8-15-28(41)38-26-14-7-12-24(18-26)29-30-32(36-21-37-33(30)43-31(29)34)39-27(23-10-4-3-5-11-23)20-42-19-22-9-6-13-25(35)17-22/h3-15,17-18,21,27H,16,19-20H2,1-2H3,(H,38,41)(H,36,37,39). The van der Waals surface area contributed by atoms with Crippen molar-refractivity contribution < 1.29 is 13.9 Å². The highest BCUT2D eigenvalue weighted by atomic mass is 35.5. The second-order valence-corrected chi connectivity index (χ2v) is 11.7. The van der Waals surface area contributed by atoms with E-state index in [0.29, 0.717) is 29.0 Å². The number of fused-ring (bicyclic) bond motifs is 1. The van der Waals surface area contributed by atoms with Crippen LogP contribution in [0.15, 0.2) is 97.3 Å². The molecular formula is C33H31ClFN5O2S. The summed E-state index contributed by atoms with van der Waals surface area (Å²) in [5.41, 5.74) is 4.00. The molecule has 220 valence electrons. The lowest BCUT2D eigenvalue weighted by molar-refractivity contribution is -0.111. The second kappa shape index (κ2) is 14.3. The first-order valence-corrected chi connectivity index (χ1v) is 14.9. The highest BCUT2D eigenvalue weighted by Crippen LogP contribution is 2.44. The van der Waals surface area contributed by atoms with Crippen LogP contribution in [0.4, 0.5) is 15.9 Å². The van der Waals surface area contributed by atoms with E-state index < -0.39 is 0 Å². The number of aromatic nitrogens is 2. The fourth-order valence-electron chi connectivity index (χ4n) is 4.57. The summed E-state index contributed by atoms with van der Waals surface area (Å²) in [7, 11) is 3.88. The zero-order valence-corrected chi connectivity index (χ0v) is 25.3. The maximum absolute atomic E-state index is 13.7. The summed E-state index contributed by atoms with van der Waals surface area (Å²) in [6, 6.07) is 23.6. The second-order valence-electron chi connectivity index (χ2n) is 10.1. The maximum Gasteiger partial charge on any atom is 0.248 e. The van der Waals surface area contributed by atoms with Crippen molar-refractivity contribution in [2.24, 2.45) is 0 Å². The van der Waals surface area contributed by atoms with Gasteiger partial charge in [-0.05, 0) is 55.1 Å². The molecule has 0 fully saturated rings. The summed E-state index contributed by atoms with van der Waals surface area (Å²) in [6.45, 7) is 1.24. The molecule has 5 aromatic rings. The molecule has 0 aliphatic heterocycles. The Morgan fingerprint density at radius 2 is 1.88 bits per heavy atom. The Kier molecular flexibility index (Phi) is 10.1. The number of rotatable bonds is 12. The predicted molar refractivity (Wildman–Crippen MR) is 173 cm³/mol. The van der Waals surface area contributed by atoms with Gasteiger partial charge in [-0.1, -0.05) is 72.3 Å². The first kappa shape index (κ1) is 30.3. The SMILES string of the molecule is CN(C)CC=CC(=O)Nc1cccc(-c2c(Cl)sc3ncnc(NC(COCc4cccc(F)c4)c4ccccc4)c23)c1. The number of halogens is 2. The smallest absolute Gasteiger partial charge is 0.248 e. The van der Waals surface area contributed by atoms with E-state index in [4.69, 9.17) is 16.3 Å². The number of ether oxygens (including phenoxy) is 1. The fraction of sp³-hybridized carbons (Fsp3) is 0.182. The van der Waals surface area contributed by atoms with Crippen LogP contribution in [0.25, 0.3) is 21.3 Å². The molecule has 43 heavy (non-hydrogen) atoms. The number of benzene rings is 3. The van der Waals surface area contributed by atoms with Crippen LogP contribution in [0.2, 0.25) is 4.34 Å². The topological polar surface area (TPSA) is 79.4 Å². The van der Waals surface area contributed by atoms with Crippen molar-refractivity contribution in [1.82, 2.24) is 14.9 Å². The van der Waals surface area contributed by atoms with Crippen LogP contribution in [0.5, 0.6) is 0 Å². The molecule has 2 N–H and O–H groups in total. The van der Waals surface area contributed by atoms with E-state index in [1.54, 1.807) is 6.07 Å². The van der Waals surface area contributed by atoms with Crippen molar-refractivity contribution in [3.63, 3.8) is 0 Å². The molecule has 7 nitrogen and oxygen atoms in total. The third-order valence-electron chi connectivity index (χ3n) is 6.56. The molecule has 0 aliphatic rings. The van der Waals surface area contributed by atoms with E-state index >= 15 is 0 Å². The van der Waals surface area contributed by atoms with Gasteiger partial charge in [0.15, 0.2) is 0 Å². The number of carbonyl (C=O) groups excluding carboxylic acids is 1. The van der Waals surface area contributed by atoms with Gasteiger partial charge in [-0.3, -0.25) is 4.79 Å². The number of likely N-dealkylation sites (N-methyl/N-ethyl adjacent to an activating group) is 1. The summed E-state index contributed by atoms with van der Waals surface area (Å²) in [5, 5.41) is 7.25. The number of carbonyl (C=O) groups is 1. The minimum absolute atomic E-state index is 0.213. The van der Waals surface area contributed by atoms with Gasteiger partial charge in [0.2, 0.25) is 5.91 Å². The monoisotopic (exact) mass is 615 g/mol. The van der Waals surface area contributed by atoms with Crippen molar-refractivity contribution in [1.29, 1.82) is 0 Å². The van der Waals surface area contributed by atoms with Crippen molar-refractivity contribution in [2.75, 3.05) is 37.9 Å². The Bertz CT molecular complexity index is 1730. The van der Waals surface area contributed by atoms with Gasteiger partial charge >= 0.3 is 0 Å². The molecule has 5 rings (SSSR count). The molecule has 2 heterocycles. The van der Waals surface area contributed by atoms with Gasteiger partial charge in [0.25, 0.3) is 0 Å². The molecule has 2 aromatic heterocycles. The number of hydrogen-bond donors (Lipinski definition) is 2. The molecule has 1 amide bonds. The number of amides is 1. The molecule has 0 spiro atoms. The first-order valence-electron chi connectivity index (χ1n) is 13.7. The third-order valence-corrected chi connectivity index (χ3v) is 7.87. The molecule has 10 heteroatoms. The molecule has 3 aromatic carbocycles. The molecule has 1 atom stereocenters. The van der Waals surface area contributed by atoms with Crippen LogP contribution in [-0.4, -0.2) is 48.0 Å². The van der Waals surface area contributed by atoms with E-state index in [1.165, 1.54) is 35.9 Å². The van der Waals surface area contributed by atoms with Crippen LogP contribution in [0, 0.1) is 5.82 Å². The average molecular weight is 616 g/mol. The van der Waals surface area contributed by atoms with Gasteiger partial charge in [-0.2, -0.15) is 0 Å². The average Bonchev–Trinajstić information content (AvgIpc) is 3.33. The zero-order valence-electron chi connectivity index (χ0n) is 23.8. The molecule has 0 saturated carbocycles. The van der Waals surface area contributed by atoms with Crippen molar-refractivity contribution in [3.05, 3.63) is 119 Å². The van der Waals surface area contributed by atoms with E-state index in [0.717, 1.165) is 32.5 Å². The number of anilines is 2. The number of nitrogens with zero attached hydrogens (tertiary/aromatic N) is 3. The van der Waals surface area contributed by atoms with Gasteiger partial charge in [0, 0.05) is 23.9 Å². The molecule has 1 unspecified atom stereocenters. The molecule has 0 radical (unpaired) electrons. The normalized spacial score (nSPS) is 12.2. The molecule has 0 bridgehead atoms. The lowest BCUT2D eigenvalue weighted by Gasteiger charge is -2.21. The third kappa shape index (κ3) is 8.03. The zero-order chi connectivity index (χ0) is 30.2. The van der Waals surface area contributed by atoms with E-state index in [2.05, 4.69) is 20.6 Å². The van der Waals surface area contributed by atoms with Gasteiger partial charge in [-0.25, -0.2) is 14.4 Å². The molecule has 0 aliphatic carbocycles. The number of thiophene rings is 1. The fourth-order valence-corrected chi connectivity index (χ4v) is 5.89. The number of nitrogens with one attached hydrogen (secondary N) is 2. The minimum Gasteiger partial charge on any atom is -0.374 e. The quantitative estimate of drug-likeness (QED) is 0.141. The van der Waals surface area contributed by atoms with Crippen molar-refractivity contribution >= 4 is 50.6 Å². The lowest BCUT2D eigenvalue weighted by atomic mass is 10.0. The van der Waals surface area contributed by atoms with Crippen molar-refractivity contribution in [3.8, 4) is 11.1 Å². The molecular weight excluding hydrogens is 585 g/mol. The first-order chi connectivity index (χ1) is 20.9.